The first kappa shape index (κ1) is 13.7. The monoisotopic (exact) mass is 275 g/mol. The van der Waals surface area contributed by atoms with Crippen molar-refractivity contribution >= 4 is 5.91 Å². The Balaban J connectivity index is 1.70. The van der Waals surface area contributed by atoms with Crippen LogP contribution in [-0.2, 0) is 0 Å². The fourth-order valence-electron chi connectivity index (χ4n) is 3.82. The Morgan fingerprint density at radius 2 is 1.85 bits per heavy atom. The third kappa shape index (κ3) is 2.74. The number of piperidine rings is 1. The van der Waals surface area contributed by atoms with Crippen molar-refractivity contribution in [3.63, 3.8) is 0 Å². The van der Waals surface area contributed by atoms with Crippen molar-refractivity contribution in [2.45, 2.75) is 52.0 Å². The first-order chi connectivity index (χ1) is 9.63. The van der Waals surface area contributed by atoms with Crippen LogP contribution >= 0.6 is 0 Å². The molecule has 110 valence electrons. The summed E-state index contributed by atoms with van der Waals surface area (Å²) in [6, 6.07) is 2.40. The molecule has 3 rings (SSSR count). The molecule has 2 fully saturated rings. The smallest absolute Gasteiger partial charge is 0.274 e. The molecule has 2 aliphatic rings. The summed E-state index contributed by atoms with van der Waals surface area (Å²) < 4.78 is 2.01. The summed E-state index contributed by atoms with van der Waals surface area (Å²) >= 11 is 0. The van der Waals surface area contributed by atoms with Gasteiger partial charge in [-0.1, -0.05) is 26.7 Å². The zero-order valence-electron chi connectivity index (χ0n) is 12.6. The Morgan fingerprint density at radius 1 is 1.20 bits per heavy atom. The molecule has 1 aliphatic carbocycles. The number of aromatic nitrogens is 2. The maximum atomic E-state index is 12.6. The number of carbonyl (C=O) groups excluding carboxylic acids is 1. The van der Waals surface area contributed by atoms with E-state index in [4.69, 9.17) is 0 Å². The van der Waals surface area contributed by atoms with Crippen LogP contribution in [0.2, 0.25) is 0 Å². The molecule has 1 saturated carbocycles. The second kappa shape index (κ2) is 5.58. The molecule has 0 bridgehead atoms. The molecular formula is C16H25N3O. The predicted molar refractivity (Wildman–Crippen MR) is 78.6 cm³/mol. The van der Waals surface area contributed by atoms with Gasteiger partial charge in [0.15, 0.2) is 0 Å². The molecule has 4 nitrogen and oxygen atoms in total. The van der Waals surface area contributed by atoms with Crippen molar-refractivity contribution in [1.29, 1.82) is 0 Å². The van der Waals surface area contributed by atoms with E-state index in [1.165, 1.54) is 32.1 Å². The zero-order valence-corrected chi connectivity index (χ0v) is 12.6. The lowest BCUT2D eigenvalue weighted by Crippen LogP contribution is -2.42. The summed E-state index contributed by atoms with van der Waals surface area (Å²) in [4.78, 5) is 14.6. The molecule has 0 aromatic carbocycles. The minimum Gasteiger partial charge on any atom is -0.337 e. The lowest BCUT2D eigenvalue weighted by atomic mass is 9.92. The fraction of sp³-hybridized carbons (Fsp3) is 0.750. The van der Waals surface area contributed by atoms with Gasteiger partial charge in [0.25, 0.3) is 5.91 Å². The Morgan fingerprint density at radius 3 is 2.50 bits per heavy atom. The molecule has 0 unspecified atom stereocenters. The van der Waals surface area contributed by atoms with E-state index in [1.807, 2.05) is 21.8 Å². The van der Waals surface area contributed by atoms with Gasteiger partial charge in [-0.25, -0.2) is 0 Å². The van der Waals surface area contributed by atoms with Crippen LogP contribution in [0.25, 0.3) is 0 Å². The second-order valence-electron chi connectivity index (χ2n) is 6.78. The number of amides is 1. The molecule has 1 saturated heterocycles. The molecule has 1 amide bonds. The lowest BCUT2D eigenvalue weighted by molar-refractivity contribution is 0.0616. The topological polar surface area (TPSA) is 38.1 Å². The molecule has 1 aromatic heterocycles. The van der Waals surface area contributed by atoms with E-state index in [2.05, 4.69) is 18.9 Å². The van der Waals surface area contributed by atoms with Crippen molar-refractivity contribution in [2.24, 2.45) is 11.8 Å². The molecule has 4 heteroatoms. The standard InChI is InChI=1S/C16H25N3O/c1-12-9-13(2)11-18(10-12)16(20)15-7-8-19(17-15)14-5-3-4-6-14/h7-8,12-14H,3-6,9-11H2,1-2H3/t12-,13-/m0/s1. The van der Waals surface area contributed by atoms with Crippen LogP contribution in [0.1, 0.15) is 62.5 Å². The summed E-state index contributed by atoms with van der Waals surface area (Å²) in [6.07, 6.45) is 8.18. The van der Waals surface area contributed by atoms with Crippen LogP contribution in [0.15, 0.2) is 12.3 Å². The average Bonchev–Trinajstić information content (AvgIpc) is 3.07. The molecule has 2 heterocycles. The van der Waals surface area contributed by atoms with Gasteiger partial charge in [-0.05, 0) is 37.2 Å². The third-order valence-electron chi connectivity index (χ3n) is 4.68. The highest BCUT2D eigenvalue weighted by Crippen LogP contribution is 2.29. The van der Waals surface area contributed by atoms with Gasteiger partial charge in [0.2, 0.25) is 0 Å². The Bertz CT molecular complexity index is 466. The minimum absolute atomic E-state index is 0.111. The van der Waals surface area contributed by atoms with Crippen molar-refractivity contribution in [3.8, 4) is 0 Å². The van der Waals surface area contributed by atoms with E-state index in [0.717, 1.165) is 13.1 Å². The predicted octanol–water partition coefficient (Wildman–Crippen LogP) is 3.12. The van der Waals surface area contributed by atoms with Gasteiger partial charge in [-0.2, -0.15) is 5.10 Å². The van der Waals surface area contributed by atoms with E-state index >= 15 is 0 Å². The highest BCUT2D eigenvalue weighted by molar-refractivity contribution is 5.92. The molecule has 0 spiro atoms. The number of hydrogen-bond donors (Lipinski definition) is 0. The van der Waals surface area contributed by atoms with E-state index in [0.29, 0.717) is 23.6 Å². The van der Waals surface area contributed by atoms with Crippen molar-refractivity contribution in [2.75, 3.05) is 13.1 Å². The van der Waals surface area contributed by atoms with Gasteiger partial charge in [0.05, 0.1) is 6.04 Å². The summed E-state index contributed by atoms with van der Waals surface area (Å²) in [7, 11) is 0. The average molecular weight is 275 g/mol. The maximum absolute atomic E-state index is 12.6. The summed E-state index contributed by atoms with van der Waals surface area (Å²) in [5.74, 6) is 1.30. The molecule has 20 heavy (non-hydrogen) atoms. The number of likely N-dealkylation sites (tertiary alicyclic amines) is 1. The van der Waals surface area contributed by atoms with E-state index in [-0.39, 0.29) is 5.91 Å². The van der Waals surface area contributed by atoms with E-state index in [9.17, 15) is 4.79 Å². The molecule has 0 radical (unpaired) electrons. The fourth-order valence-corrected chi connectivity index (χ4v) is 3.82. The van der Waals surface area contributed by atoms with Gasteiger partial charge in [0, 0.05) is 19.3 Å². The van der Waals surface area contributed by atoms with E-state index < -0.39 is 0 Å². The number of carbonyl (C=O) groups is 1. The van der Waals surface area contributed by atoms with Crippen molar-refractivity contribution in [1.82, 2.24) is 14.7 Å². The van der Waals surface area contributed by atoms with Gasteiger partial charge < -0.3 is 4.90 Å². The van der Waals surface area contributed by atoms with Crippen LogP contribution in [-0.4, -0.2) is 33.7 Å². The van der Waals surface area contributed by atoms with E-state index in [1.54, 1.807) is 0 Å². The minimum atomic E-state index is 0.111. The lowest BCUT2D eigenvalue weighted by Gasteiger charge is -2.34. The Kier molecular flexibility index (Phi) is 3.81. The van der Waals surface area contributed by atoms with Crippen molar-refractivity contribution in [3.05, 3.63) is 18.0 Å². The van der Waals surface area contributed by atoms with Crippen LogP contribution in [0.4, 0.5) is 0 Å². The highest BCUT2D eigenvalue weighted by atomic mass is 16.2. The molecule has 0 N–H and O–H groups in total. The highest BCUT2D eigenvalue weighted by Gasteiger charge is 2.28. The summed E-state index contributed by atoms with van der Waals surface area (Å²) in [5, 5.41) is 4.54. The van der Waals surface area contributed by atoms with Crippen LogP contribution in [0, 0.1) is 11.8 Å². The van der Waals surface area contributed by atoms with Crippen LogP contribution in [0.5, 0.6) is 0 Å². The first-order valence-corrected chi connectivity index (χ1v) is 7.98. The van der Waals surface area contributed by atoms with Gasteiger partial charge >= 0.3 is 0 Å². The maximum Gasteiger partial charge on any atom is 0.274 e. The van der Waals surface area contributed by atoms with Gasteiger partial charge in [-0.3, -0.25) is 9.48 Å². The number of nitrogens with zero attached hydrogens (tertiary/aromatic N) is 3. The molecular weight excluding hydrogens is 250 g/mol. The summed E-state index contributed by atoms with van der Waals surface area (Å²) in [6.45, 7) is 6.21. The zero-order chi connectivity index (χ0) is 14.1. The Labute approximate surface area is 121 Å². The second-order valence-corrected chi connectivity index (χ2v) is 6.78. The van der Waals surface area contributed by atoms with Crippen LogP contribution < -0.4 is 0 Å². The molecule has 1 aromatic rings. The normalized spacial score (nSPS) is 28.0. The number of hydrogen-bond acceptors (Lipinski definition) is 2. The van der Waals surface area contributed by atoms with Crippen molar-refractivity contribution < 1.29 is 4.79 Å². The van der Waals surface area contributed by atoms with Gasteiger partial charge in [0.1, 0.15) is 5.69 Å². The first-order valence-electron chi connectivity index (χ1n) is 7.98. The third-order valence-corrected chi connectivity index (χ3v) is 4.68. The van der Waals surface area contributed by atoms with Gasteiger partial charge in [-0.15, -0.1) is 0 Å². The molecule has 2 atom stereocenters. The SMILES string of the molecule is C[C@H]1C[C@H](C)CN(C(=O)c2ccn(C3CCCC3)n2)C1. The molecule has 1 aliphatic heterocycles. The number of rotatable bonds is 2. The largest absolute Gasteiger partial charge is 0.337 e. The van der Waals surface area contributed by atoms with Crippen LogP contribution in [0.3, 0.4) is 0 Å². The summed E-state index contributed by atoms with van der Waals surface area (Å²) in [5.41, 5.74) is 0.623. The Hall–Kier alpha value is -1.32. The quantitative estimate of drug-likeness (QED) is 0.831.